The number of phenolic OH excluding ortho intramolecular Hbond substituents is 2. The minimum atomic E-state index is -0.418. The van der Waals surface area contributed by atoms with E-state index in [9.17, 15) is 19.4 Å². The van der Waals surface area contributed by atoms with E-state index in [1.807, 2.05) is 4.90 Å². The van der Waals surface area contributed by atoms with Crippen molar-refractivity contribution in [2.45, 2.75) is 12.8 Å². The monoisotopic (exact) mass is 341 g/mol. The zero-order chi connectivity index (χ0) is 17.6. The first-order valence-corrected chi connectivity index (χ1v) is 8.08. The van der Waals surface area contributed by atoms with Crippen LogP contribution in [-0.4, -0.2) is 23.3 Å². The second kappa shape index (κ2) is 5.81. The summed E-state index contributed by atoms with van der Waals surface area (Å²) in [7, 11) is 0. The number of halogens is 1. The van der Waals surface area contributed by atoms with Crippen LogP contribution in [0.5, 0.6) is 11.5 Å². The third-order valence-corrected chi connectivity index (χ3v) is 4.49. The van der Waals surface area contributed by atoms with E-state index < -0.39 is 5.43 Å². The largest absolute Gasteiger partial charge is 0.507 e. The summed E-state index contributed by atoms with van der Waals surface area (Å²) in [6.45, 7) is 1.47. The van der Waals surface area contributed by atoms with E-state index in [0.717, 1.165) is 25.9 Å². The van der Waals surface area contributed by atoms with E-state index in [4.69, 9.17) is 4.42 Å². The zero-order valence-electron chi connectivity index (χ0n) is 13.3. The minimum Gasteiger partial charge on any atom is -0.507 e. The molecule has 1 aliphatic heterocycles. The number of phenols is 2. The van der Waals surface area contributed by atoms with Crippen LogP contribution in [0.25, 0.3) is 22.3 Å². The molecule has 1 aromatic heterocycles. The number of aromatic hydroxyl groups is 2. The van der Waals surface area contributed by atoms with Crippen molar-refractivity contribution in [2.24, 2.45) is 0 Å². The second-order valence-electron chi connectivity index (χ2n) is 6.14. The summed E-state index contributed by atoms with van der Waals surface area (Å²) in [5.41, 5.74) is 0.673. The lowest BCUT2D eigenvalue weighted by molar-refractivity contribution is 0.452. The third kappa shape index (κ3) is 2.59. The summed E-state index contributed by atoms with van der Waals surface area (Å²) in [6, 6.07) is 8.02. The zero-order valence-corrected chi connectivity index (χ0v) is 13.3. The Morgan fingerprint density at radius 1 is 1.00 bits per heavy atom. The average Bonchev–Trinajstić information content (AvgIpc) is 3.08. The molecule has 1 fully saturated rings. The van der Waals surface area contributed by atoms with Gasteiger partial charge >= 0.3 is 0 Å². The molecular formula is C19H16FNO4. The van der Waals surface area contributed by atoms with Crippen LogP contribution < -0.4 is 10.3 Å². The molecule has 0 bridgehead atoms. The molecule has 0 saturated carbocycles. The van der Waals surface area contributed by atoms with Crippen molar-refractivity contribution in [1.82, 2.24) is 0 Å². The molecule has 0 amide bonds. The molecule has 1 aliphatic rings. The SMILES string of the molecule is O=c1cc(-c2ccc(F)cc2)oc2c(N3CCCC3)c(O)cc(O)c12. The van der Waals surface area contributed by atoms with Crippen LogP contribution in [0.1, 0.15) is 12.8 Å². The van der Waals surface area contributed by atoms with E-state index in [-0.39, 0.29) is 34.0 Å². The number of benzene rings is 2. The molecular weight excluding hydrogens is 325 g/mol. The Morgan fingerprint density at radius 3 is 2.36 bits per heavy atom. The molecule has 0 unspecified atom stereocenters. The fraction of sp³-hybridized carbons (Fsp3) is 0.211. The smallest absolute Gasteiger partial charge is 0.197 e. The van der Waals surface area contributed by atoms with Gasteiger partial charge in [-0.15, -0.1) is 0 Å². The Kier molecular flexibility index (Phi) is 3.60. The highest BCUT2D eigenvalue weighted by Crippen LogP contribution is 2.42. The van der Waals surface area contributed by atoms with Crippen LogP contribution in [0.3, 0.4) is 0 Å². The second-order valence-corrected chi connectivity index (χ2v) is 6.14. The normalized spacial score (nSPS) is 14.4. The number of anilines is 1. The van der Waals surface area contributed by atoms with E-state index >= 15 is 0 Å². The Hall–Kier alpha value is -3.02. The van der Waals surface area contributed by atoms with Crippen LogP contribution >= 0.6 is 0 Å². The summed E-state index contributed by atoms with van der Waals surface area (Å²) in [6.07, 6.45) is 1.95. The van der Waals surface area contributed by atoms with Gasteiger partial charge in [0.2, 0.25) is 0 Å². The number of fused-ring (bicyclic) bond motifs is 1. The molecule has 2 N–H and O–H groups in total. The molecule has 4 rings (SSSR count). The molecule has 2 heterocycles. The van der Waals surface area contributed by atoms with Gasteiger partial charge in [0.25, 0.3) is 0 Å². The van der Waals surface area contributed by atoms with Gasteiger partial charge in [0, 0.05) is 30.8 Å². The molecule has 6 heteroatoms. The van der Waals surface area contributed by atoms with E-state index in [1.54, 1.807) is 0 Å². The van der Waals surface area contributed by atoms with E-state index in [1.165, 1.54) is 36.4 Å². The molecule has 5 nitrogen and oxygen atoms in total. The summed E-state index contributed by atoms with van der Waals surface area (Å²) < 4.78 is 19.0. The van der Waals surface area contributed by atoms with Gasteiger partial charge in [-0.25, -0.2) is 4.39 Å². The molecule has 0 atom stereocenters. The first-order chi connectivity index (χ1) is 12.0. The summed E-state index contributed by atoms with van der Waals surface area (Å²) >= 11 is 0. The van der Waals surface area contributed by atoms with Crippen LogP contribution in [-0.2, 0) is 0 Å². The highest BCUT2D eigenvalue weighted by atomic mass is 19.1. The highest BCUT2D eigenvalue weighted by molar-refractivity contribution is 5.97. The first-order valence-electron chi connectivity index (χ1n) is 8.08. The molecule has 128 valence electrons. The predicted octanol–water partition coefficient (Wildman–Crippen LogP) is 3.61. The standard InChI is InChI=1S/C19H16FNO4/c20-12-5-3-11(4-6-12)16-10-14(23)17-13(22)9-15(24)18(19(17)25-16)21-7-1-2-8-21/h3-6,9-10,22,24H,1-2,7-8H2. The lowest BCUT2D eigenvalue weighted by Crippen LogP contribution is -2.18. The van der Waals surface area contributed by atoms with E-state index in [2.05, 4.69) is 0 Å². The van der Waals surface area contributed by atoms with Crippen LogP contribution in [0.4, 0.5) is 10.1 Å². The Labute approximate surface area is 142 Å². The summed E-state index contributed by atoms with van der Waals surface area (Å²) in [5.74, 6) is -0.593. The van der Waals surface area contributed by atoms with Crippen LogP contribution in [0.2, 0.25) is 0 Å². The lowest BCUT2D eigenvalue weighted by Gasteiger charge is -2.20. The van der Waals surface area contributed by atoms with Crippen molar-refractivity contribution >= 4 is 16.7 Å². The Morgan fingerprint density at radius 2 is 1.68 bits per heavy atom. The van der Waals surface area contributed by atoms with Gasteiger partial charge < -0.3 is 19.5 Å². The van der Waals surface area contributed by atoms with Gasteiger partial charge in [-0.3, -0.25) is 4.79 Å². The maximum atomic E-state index is 13.1. The van der Waals surface area contributed by atoms with Crippen molar-refractivity contribution in [3.05, 3.63) is 52.4 Å². The number of hydrogen-bond acceptors (Lipinski definition) is 5. The Bertz CT molecular complexity index is 1000. The fourth-order valence-electron chi connectivity index (χ4n) is 3.29. The maximum Gasteiger partial charge on any atom is 0.197 e. The fourth-order valence-corrected chi connectivity index (χ4v) is 3.29. The number of rotatable bonds is 2. The van der Waals surface area contributed by atoms with Crippen molar-refractivity contribution in [2.75, 3.05) is 18.0 Å². The average molecular weight is 341 g/mol. The van der Waals surface area contributed by atoms with Crippen LogP contribution in [0.15, 0.2) is 45.6 Å². The molecule has 0 radical (unpaired) electrons. The predicted molar refractivity (Wildman–Crippen MR) is 92.7 cm³/mol. The van der Waals surface area contributed by atoms with Gasteiger partial charge in [0.1, 0.15) is 34.2 Å². The summed E-state index contributed by atoms with van der Waals surface area (Å²) in [4.78, 5) is 14.5. The van der Waals surface area contributed by atoms with Gasteiger partial charge in [-0.1, -0.05) is 0 Å². The van der Waals surface area contributed by atoms with Crippen molar-refractivity contribution in [1.29, 1.82) is 0 Å². The molecule has 2 aromatic carbocycles. The van der Waals surface area contributed by atoms with Gasteiger partial charge in [0.05, 0.1) is 0 Å². The Balaban J connectivity index is 2.01. The van der Waals surface area contributed by atoms with Crippen LogP contribution in [0, 0.1) is 5.82 Å². The molecule has 25 heavy (non-hydrogen) atoms. The van der Waals surface area contributed by atoms with Gasteiger partial charge in [-0.05, 0) is 37.1 Å². The quantitative estimate of drug-likeness (QED) is 0.745. The van der Waals surface area contributed by atoms with Crippen molar-refractivity contribution < 1.29 is 19.0 Å². The third-order valence-electron chi connectivity index (χ3n) is 4.49. The molecule has 1 saturated heterocycles. The molecule has 0 spiro atoms. The lowest BCUT2D eigenvalue weighted by atomic mass is 10.1. The highest BCUT2D eigenvalue weighted by Gasteiger charge is 2.24. The topological polar surface area (TPSA) is 73.9 Å². The molecule has 0 aliphatic carbocycles. The number of hydrogen-bond donors (Lipinski definition) is 2. The van der Waals surface area contributed by atoms with Crippen molar-refractivity contribution in [3.8, 4) is 22.8 Å². The van der Waals surface area contributed by atoms with Gasteiger partial charge in [0.15, 0.2) is 11.0 Å². The first kappa shape index (κ1) is 15.5. The molecule has 3 aromatic rings. The van der Waals surface area contributed by atoms with Crippen molar-refractivity contribution in [3.63, 3.8) is 0 Å². The van der Waals surface area contributed by atoms with E-state index in [0.29, 0.717) is 11.3 Å². The van der Waals surface area contributed by atoms with Gasteiger partial charge in [-0.2, -0.15) is 0 Å². The maximum absolute atomic E-state index is 13.1. The summed E-state index contributed by atoms with van der Waals surface area (Å²) in [5, 5.41) is 20.5. The minimum absolute atomic E-state index is 0.0329. The number of nitrogens with zero attached hydrogens (tertiary/aromatic N) is 1.